The smallest absolute Gasteiger partial charge is 0.168 e. The second-order valence-electron chi connectivity index (χ2n) is 3.59. The quantitative estimate of drug-likeness (QED) is 0.596. The van der Waals surface area contributed by atoms with Crippen molar-refractivity contribution >= 4 is 5.78 Å². The van der Waals surface area contributed by atoms with Gasteiger partial charge in [-0.1, -0.05) is 13.8 Å². The van der Waals surface area contributed by atoms with Crippen LogP contribution in [0.5, 0.6) is 0 Å². The first-order valence-corrected chi connectivity index (χ1v) is 4.00. The fourth-order valence-corrected chi connectivity index (χ4v) is 1.39. The summed E-state index contributed by atoms with van der Waals surface area (Å²) in [6, 6.07) is -0.336. The SMILES string of the molecule is CC(C)C(=O)C1(O)CCC1N. The summed E-state index contributed by atoms with van der Waals surface area (Å²) in [5, 5.41) is 9.64. The summed E-state index contributed by atoms with van der Waals surface area (Å²) in [5.41, 5.74) is 4.32. The maximum atomic E-state index is 11.3. The third-order valence-electron chi connectivity index (χ3n) is 2.40. The zero-order chi connectivity index (χ0) is 8.65. The van der Waals surface area contributed by atoms with Crippen LogP contribution in [0, 0.1) is 5.92 Å². The Kier molecular flexibility index (Phi) is 2.03. The number of carbonyl (C=O) groups excluding carboxylic acids is 1. The van der Waals surface area contributed by atoms with Crippen LogP contribution in [-0.2, 0) is 4.79 Å². The number of nitrogens with two attached hydrogens (primary N) is 1. The molecule has 1 rings (SSSR count). The Morgan fingerprint density at radius 1 is 1.73 bits per heavy atom. The van der Waals surface area contributed by atoms with Gasteiger partial charge >= 0.3 is 0 Å². The Hall–Kier alpha value is -0.410. The molecule has 11 heavy (non-hydrogen) atoms. The van der Waals surface area contributed by atoms with Crippen LogP contribution in [-0.4, -0.2) is 22.5 Å². The van der Waals surface area contributed by atoms with Gasteiger partial charge in [-0.2, -0.15) is 0 Å². The molecule has 0 bridgehead atoms. The Balaban J connectivity index is 2.66. The van der Waals surface area contributed by atoms with Crippen molar-refractivity contribution in [2.24, 2.45) is 11.7 Å². The molecule has 64 valence electrons. The highest BCUT2D eigenvalue weighted by atomic mass is 16.3. The van der Waals surface area contributed by atoms with Gasteiger partial charge in [0.05, 0.1) is 0 Å². The number of carbonyl (C=O) groups is 1. The standard InChI is InChI=1S/C8H15NO2/c1-5(2)7(10)8(11)4-3-6(8)9/h5-6,11H,3-4,9H2,1-2H3. The van der Waals surface area contributed by atoms with Crippen molar-refractivity contribution in [3.05, 3.63) is 0 Å². The number of Topliss-reactive ketones (excluding diaryl/α,β-unsaturated/α-hetero) is 1. The van der Waals surface area contributed by atoms with E-state index in [-0.39, 0.29) is 17.7 Å². The monoisotopic (exact) mass is 157 g/mol. The Morgan fingerprint density at radius 2 is 2.27 bits per heavy atom. The summed E-state index contributed by atoms with van der Waals surface area (Å²) in [4.78, 5) is 11.3. The molecule has 1 aliphatic carbocycles. The lowest BCUT2D eigenvalue weighted by Gasteiger charge is -2.42. The van der Waals surface area contributed by atoms with Gasteiger partial charge in [0, 0.05) is 12.0 Å². The molecule has 3 N–H and O–H groups in total. The van der Waals surface area contributed by atoms with E-state index in [1.54, 1.807) is 13.8 Å². The van der Waals surface area contributed by atoms with Gasteiger partial charge in [0.15, 0.2) is 5.78 Å². The van der Waals surface area contributed by atoms with Crippen molar-refractivity contribution in [3.8, 4) is 0 Å². The molecule has 1 aliphatic rings. The van der Waals surface area contributed by atoms with E-state index in [9.17, 15) is 9.90 Å². The van der Waals surface area contributed by atoms with Gasteiger partial charge in [0.1, 0.15) is 5.60 Å². The van der Waals surface area contributed by atoms with E-state index in [4.69, 9.17) is 5.73 Å². The summed E-state index contributed by atoms with van der Waals surface area (Å²) < 4.78 is 0. The topological polar surface area (TPSA) is 63.3 Å². The predicted octanol–water partition coefficient (Wildman–Crippen LogP) is 0.0637. The highest BCUT2D eigenvalue weighted by Gasteiger charge is 2.49. The highest BCUT2D eigenvalue weighted by molar-refractivity contribution is 5.90. The molecule has 0 heterocycles. The lowest BCUT2D eigenvalue weighted by molar-refractivity contribution is -0.152. The molecule has 2 unspecified atom stereocenters. The van der Waals surface area contributed by atoms with Gasteiger partial charge in [0.2, 0.25) is 0 Å². The average molecular weight is 157 g/mol. The fourth-order valence-electron chi connectivity index (χ4n) is 1.39. The molecule has 1 saturated carbocycles. The minimum Gasteiger partial charge on any atom is -0.380 e. The summed E-state index contributed by atoms with van der Waals surface area (Å²) in [5.74, 6) is -0.234. The van der Waals surface area contributed by atoms with Crippen molar-refractivity contribution in [3.63, 3.8) is 0 Å². The van der Waals surface area contributed by atoms with E-state index in [1.165, 1.54) is 0 Å². The molecule has 0 saturated heterocycles. The van der Waals surface area contributed by atoms with Gasteiger partial charge in [-0.15, -0.1) is 0 Å². The molecule has 3 heteroatoms. The average Bonchev–Trinajstić information content (AvgIpc) is 1.98. The van der Waals surface area contributed by atoms with Crippen LogP contribution in [0.15, 0.2) is 0 Å². The minimum absolute atomic E-state index is 0.115. The first-order valence-electron chi connectivity index (χ1n) is 4.00. The van der Waals surface area contributed by atoms with Crippen LogP contribution in [0.1, 0.15) is 26.7 Å². The van der Waals surface area contributed by atoms with Gasteiger partial charge in [0.25, 0.3) is 0 Å². The number of hydrogen-bond donors (Lipinski definition) is 2. The van der Waals surface area contributed by atoms with E-state index in [0.717, 1.165) is 6.42 Å². The second kappa shape index (κ2) is 2.57. The fraction of sp³-hybridized carbons (Fsp3) is 0.875. The number of ketones is 1. The minimum atomic E-state index is -1.20. The molecular weight excluding hydrogens is 142 g/mol. The maximum Gasteiger partial charge on any atom is 0.168 e. The molecule has 0 aromatic heterocycles. The van der Waals surface area contributed by atoms with Gasteiger partial charge in [-0.25, -0.2) is 0 Å². The number of rotatable bonds is 2. The van der Waals surface area contributed by atoms with E-state index < -0.39 is 5.60 Å². The summed E-state index contributed by atoms with van der Waals surface area (Å²) in [6.45, 7) is 3.57. The molecule has 3 nitrogen and oxygen atoms in total. The zero-order valence-corrected chi connectivity index (χ0v) is 7.00. The second-order valence-corrected chi connectivity index (χ2v) is 3.59. The van der Waals surface area contributed by atoms with Crippen molar-refractivity contribution in [2.75, 3.05) is 0 Å². The van der Waals surface area contributed by atoms with Gasteiger partial charge < -0.3 is 10.8 Å². The maximum absolute atomic E-state index is 11.3. The van der Waals surface area contributed by atoms with Gasteiger partial charge in [-0.05, 0) is 12.8 Å². The van der Waals surface area contributed by atoms with Crippen molar-refractivity contribution in [2.45, 2.75) is 38.3 Å². The molecule has 0 spiro atoms. The van der Waals surface area contributed by atoms with E-state index in [2.05, 4.69) is 0 Å². The van der Waals surface area contributed by atoms with Crippen molar-refractivity contribution in [1.82, 2.24) is 0 Å². The molecule has 0 radical (unpaired) electrons. The highest BCUT2D eigenvalue weighted by Crippen LogP contribution is 2.33. The Bertz CT molecular complexity index is 179. The molecule has 0 amide bonds. The third kappa shape index (κ3) is 1.19. The lowest BCUT2D eigenvalue weighted by Crippen LogP contribution is -2.62. The third-order valence-corrected chi connectivity index (χ3v) is 2.40. The normalized spacial score (nSPS) is 37.0. The predicted molar refractivity (Wildman–Crippen MR) is 42.0 cm³/mol. The van der Waals surface area contributed by atoms with Crippen molar-refractivity contribution in [1.29, 1.82) is 0 Å². The zero-order valence-electron chi connectivity index (χ0n) is 7.00. The first kappa shape index (κ1) is 8.68. The van der Waals surface area contributed by atoms with Crippen LogP contribution in [0.2, 0.25) is 0 Å². The van der Waals surface area contributed by atoms with Gasteiger partial charge in [-0.3, -0.25) is 4.79 Å². The van der Waals surface area contributed by atoms with E-state index >= 15 is 0 Å². The largest absolute Gasteiger partial charge is 0.380 e. The number of aliphatic hydroxyl groups is 1. The molecule has 2 atom stereocenters. The first-order chi connectivity index (χ1) is 4.98. The summed E-state index contributed by atoms with van der Waals surface area (Å²) >= 11 is 0. The summed E-state index contributed by atoms with van der Waals surface area (Å²) in [6.07, 6.45) is 1.29. The Morgan fingerprint density at radius 3 is 2.36 bits per heavy atom. The van der Waals surface area contributed by atoms with E-state index in [0.29, 0.717) is 6.42 Å². The Labute approximate surface area is 66.6 Å². The van der Waals surface area contributed by atoms with E-state index in [1.807, 2.05) is 0 Å². The van der Waals surface area contributed by atoms with Crippen LogP contribution in [0.4, 0.5) is 0 Å². The molecule has 0 aromatic rings. The molecule has 0 aliphatic heterocycles. The van der Waals surface area contributed by atoms with Crippen LogP contribution >= 0.6 is 0 Å². The van der Waals surface area contributed by atoms with Crippen LogP contribution < -0.4 is 5.73 Å². The van der Waals surface area contributed by atoms with Crippen LogP contribution in [0.3, 0.4) is 0 Å². The van der Waals surface area contributed by atoms with Crippen molar-refractivity contribution < 1.29 is 9.90 Å². The van der Waals surface area contributed by atoms with Crippen LogP contribution in [0.25, 0.3) is 0 Å². The number of hydrogen-bond acceptors (Lipinski definition) is 3. The summed E-state index contributed by atoms with van der Waals surface area (Å²) in [7, 11) is 0. The molecule has 1 fully saturated rings. The molecular formula is C8H15NO2. The lowest BCUT2D eigenvalue weighted by atomic mass is 9.70. The molecule has 0 aromatic carbocycles.